The van der Waals surface area contributed by atoms with Crippen LogP contribution in [0.25, 0.3) is 0 Å². The molecule has 0 atom stereocenters. The van der Waals surface area contributed by atoms with Gasteiger partial charge in [0.1, 0.15) is 5.75 Å². The highest BCUT2D eigenvalue weighted by atomic mass is 16.3. The zero-order valence-corrected chi connectivity index (χ0v) is 14.2. The predicted molar refractivity (Wildman–Crippen MR) is 97.1 cm³/mol. The van der Waals surface area contributed by atoms with E-state index in [1.54, 1.807) is 36.4 Å². The summed E-state index contributed by atoms with van der Waals surface area (Å²) in [7, 11) is 2.07. The number of phenolic OH excluding ortho intramolecular Hbond substituents is 1. The normalized spacial score (nSPS) is 15.7. The minimum atomic E-state index is -0.274. The minimum Gasteiger partial charge on any atom is -0.508 e. The van der Waals surface area contributed by atoms with Crippen LogP contribution in [0, 0.1) is 5.92 Å². The van der Waals surface area contributed by atoms with Crippen LogP contribution in [0.2, 0.25) is 0 Å². The van der Waals surface area contributed by atoms with Gasteiger partial charge in [-0.25, -0.2) is 0 Å². The topological polar surface area (TPSA) is 69.6 Å². The highest BCUT2D eigenvalue weighted by Gasteiger charge is 2.24. The molecule has 0 spiro atoms. The van der Waals surface area contributed by atoms with E-state index in [-0.39, 0.29) is 23.4 Å². The summed E-state index contributed by atoms with van der Waals surface area (Å²) in [5.74, 6) is 0.0410. The van der Waals surface area contributed by atoms with Crippen molar-refractivity contribution in [3.05, 3.63) is 59.7 Å². The molecule has 1 amide bonds. The molecule has 130 valence electrons. The van der Waals surface area contributed by atoms with Gasteiger partial charge in [-0.05, 0) is 69.4 Å². The minimum absolute atomic E-state index is 0.0549. The Bertz CT molecular complexity index is 763. The molecular formula is C20H22N2O3. The fourth-order valence-electron chi connectivity index (χ4n) is 3.07. The van der Waals surface area contributed by atoms with Crippen molar-refractivity contribution in [1.29, 1.82) is 0 Å². The molecule has 1 fully saturated rings. The average Bonchev–Trinajstić information content (AvgIpc) is 2.62. The fraction of sp³-hybridized carbons (Fsp3) is 0.300. The van der Waals surface area contributed by atoms with Crippen molar-refractivity contribution in [2.24, 2.45) is 5.92 Å². The molecule has 2 aromatic rings. The number of piperidine rings is 1. The van der Waals surface area contributed by atoms with E-state index in [0.717, 1.165) is 25.9 Å². The SMILES string of the molecule is CN1CCC(C(=O)c2cccc(NC(=O)c3ccc(O)cc3)c2)CC1. The second-order valence-corrected chi connectivity index (χ2v) is 6.52. The Hall–Kier alpha value is -2.66. The highest BCUT2D eigenvalue weighted by Crippen LogP contribution is 2.23. The third kappa shape index (κ3) is 4.25. The number of amides is 1. The number of phenols is 1. The number of hydrogen-bond acceptors (Lipinski definition) is 4. The Labute approximate surface area is 147 Å². The maximum atomic E-state index is 12.7. The van der Waals surface area contributed by atoms with Gasteiger partial charge >= 0.3 is 0 Å². The molecule has 1 aliphatic heterocycles. The summed E-state index contributed by atoms with van der Waals surface area (Å²) in [6, 6.07) is 13.1. The maximum Gasteiger partial charge on any atom is 0.255 e. The monoisotopic (exact) mass is 338 g/mol. The highest BCUT2D eigenvalue weighted by molar-refractivity contribution is 6.05. The summed E-state index contributed by atoms with van der Waals surface area (Å²) in [6.07, 6.45) is 1.75. The number of likely N-dealkylation sites (tertiary alicyclic amines) is 1. The van der Waals surface area contributed by atoms with E-state index in [2.05, 4.69) is 17.3 Å². The number of nitrogens with one attached hydrogen (secondary N) is 1. The van der Waals surface area contributed by atoms with Crippen LogP contribution in [-0.2, 0) is 0 Å². The van der Waals surface area contributed by atoms with Crippen molar-refractivity contribution in [3.63, 3.8) is 0 Å². The number of hydrogen-bond donors (Lipinski definition) is 2. The van der Waals surface area contributed by atoms with Crippen molar-refractivity contribution in [1.82, 2.24) is 4.90 Å². The van der Waals surface area contributed by atoms with Crippen LogP contribution in [0.1, 0.15) is 33.6 Å². The molecule has 0 aliphatic carbocycles. The van der Waals surface area contributed by atoms with E-state index < -0.39 is 0 Å². The van der Waals surface area contributed by atoms with Gasteiger partial charge in [-0.1, -0.05) is 12.1 Å². The average molecular weight is 338 g/mol. The summed E-state index contributed by atoms with van der Waals surface area (Å²) in [6.45, 7) is 1.88. The largest absolute Gasteiger partial charge is 0.508 e. The lowest BCUT2D eigenvalue weighted by atomic mass is 9.89. The van der Waals surface area contributed by atoms with Gasteiger partial charge in [-0.2, -0.15) is 0 Å². The molecule has 5 heteroatoms. The number of nitrogens with zero attached hydrogens (tertiary/aromatic N) is 1. The molecule has 0 bridgehead atoms. The molecule has 0 aromatic heterocycles. The number of anilines is 1. The summed E-state index contributed by atoms with van der Waals surface area (Å²) in [5, 5.41) is 12.1. The van der Waals surface area contributed by atoms with Crippen LogP contribution in [-0.4, -0.2) is 41.8 Å². The molecular weight excluding hydrogens is 316 g/mol. The van der Waals surface area contributed by atoms with E-state index in [4.69, 9.17) is 0 Å². The van der Waals surface area contributed by atoms with E-state index >= 15 is 0 Å². The lowest BCUT2D eigenvalue weighted by molar-refractivity contribution is 0.0856. The fourth-order valence-corrected chi connectivity index (χ4v) is 3.07. The lowest BCUT2D eigenvalue weighted by Gasteiger charge is -2.28. The molecule has 5 nitrogen and oxygen atoms in total. The van der Waals surface area contributed by atoms with Crippen molar-refractivity contribution in [2.45, 2.75) is 12.8 Å². The number of ketones is 1. The standard InChI is InChI=1S/C20H22N2O3/c1-22-11-9-14(10-12-22)19(24)16-3-2-4-17(13-16)21-20(25)15-5-7-18(23)8-6-15/h2-8,13-14,23H,9-12H2,1H3,(H,21,25). The first-order valence-corrected chi connectivity index (χ1v) is 8.46. The summed E-state index contributed by atoms with van der Waals surface area (Å²) >= 11 is 0. The van der Waals surface area contributed by atoms with Crippen molar-refractivity contribution < 1.29 is 14.7 Å². The zero-order chi connectivity index (χ0) is 17.8. The van der Waals surface area contributed by atoms with Gasteiger partial charge in [-0.15, -0.1) is 0 Å². The van der Waals surface area contributed by atoms with Crippen molar-refractivity contribution in [3.8, 4) is 5.75 Å². The van der Waals surface area contributed by atoms with Crippen LogP contribution in [0.15, 0.2) is 48.5 Å². The molecule has 1 saturated heterocycles. The van der Waals surface area contributed by atoms with Gasteiger partial charge in [0.05, 0.1) is 0 Å². The number of carbonyl (C=O) groups is 2. The molecule has 0 unspecified atom stereocenters. The molecule has 0 radical (unpaired) electrons. The van der Waals surface area contributed by atoms with Crippen LogP contribution in [0.5, 0.6) is 5.75 Å². The van der Waals surface area contributed by atoms with E-state index in [0.29, 0.717) is 16.8 Å². The van der Waals surface area contributed by atoms with Gasteiger partial charge in [0, 0.05) is 22.7 Å². The number of carbonyl (C=O) groups excluding carboxylic acids is 2. The third-order valence-electron chi connectivity index (χ3n) is 4.62. The molecule has 2 N–H and O–H groups in total. The number of rotatable bonds is 4. The smallest absolute Gasteiger partial charge is 0.255 e. The van der Waals surface area contributed by atoms with Gasteiger partial charge < -0.3 is 15.3 Å². The second kappa shape index (κ2) is 7.49. The van der Waals surface area contributed by atoms with Crippen LogP contribution >= 0.6 is 0 Å². The van der Waals surface area contributed by atoms with Crippen LogP contribution in [0.4, 0.5) is 5.69 Å². The van der Waals surface area contributed by atoms with Gasteiger partial charge in [0.15, 0.2) is 5.78 Å². The predicted octanol–water partition coefficient (Wildman–Crippen LogP) is 3.17. The molecule has 2 aromatic carbocycles. The summed E-state index contributed by atoms with van der Waals surface area (Å²) < 4.78 is 0. The van der Waals surface area contributed by atoms with E-state index in [1.807, 2.05) is 0 Å². The van der Waals surface area contributed by atoms with Crippen LogP contribution < -0.4 is 5.32 Å². The van der Waals surface area contributed by atoms with Crippen LogP contribution in [0.3, 0.4) is 0 Å². The zero-order valence-electron chi connectivity index (χ0n) is 14.2. The van der Waals surface area contributed by atoms with Crippen molar-refractivity contribution >= 4 is 17.4 Å². The van der Waals surface area contributed by atoms with Gasteiger partial charge in [0.25, 0.3) is 5.91 Å². The Morgan fingerprint density at radius 2 is 1.72 bits per heavy atom. The second-order valence-electron chi connectivity index (χ2n) is 6.52. The molecule has 3 rings (SSSR count). The Kier molecular flexibility index (Phi) is 5.14. The quantitative estimate of drug-likeness (QED) is 0.840. The molecule has 1 aliphatic rings. The van der Waals surface area contributed by atoms with Gasteiger partial charge in [0.2, 0.25) is 0 Å². The van der Waals surface area contributed by atoms with Gasteiger partial charge in [-0.3, -0.25) is 9.59 Å². The Balaban J connectivity index is 1.69. The lowest BCUT2D eigenvalue weighted by Crippen LogP contribution is -2.33. The number of benzene rings is 2. The molecule has 25 heavy (non-hydrogen) atoms. The molecule has 1 heterocycles. The molecule has 0 saturated carbocycles. The third-order valence-corrected chi connectivity index (χ3v) is 4.62. The number of Topliss-reactive ketones (excluding diaryl/α,β-unsaturated/α-hetero) is 1. The maximum absolute atomic E-state index is 12.7. The summed E-state index contributed by atoms with van der Waals surface area (Å²) in [4.78, 5) is 27.2. The van der Waals surface area contributed by atoms with E-state index in [1.165, 1.54) is 12.1 Å². The Morgan fingerprint density at radius 3 is 2.40 bits per heavy atom. The number of aromatic hydroxyl groups is 1. The van der Waals surface area contributed by atoms with Crippen molar-refractivity contribution in [2.75, 3.05) is 25.5 Å². The summed E-state index contributed by atoms with van der Waals surface area (Å²) in [5.41, 5.74) is 1.68. The Morgan fingerprint density at radius 1 is 1.04 bits per heavy atom. The first-order valence-electron chi connectivity index (χ1n) is 8.46. The van der Waals surface area contributed by atoms with E-state index in [9.17, 15) is 14.7 Å². The first-order chi connectivity index (χ1) is 12.0. The first kappa shape index (κ1) is 17.2.